The Hall–Kier alpha value is -3.34. The summed E-state index contributed by atoms with van der Waals surface area (Å²) in [6.07, 6.45) is 0. The van der Waals surface area contributed by atoms with E-state index in [0.717, 1.165) is 35.0 Å². The highest BCUT2D eigenvalue weighted by Gasteiger charge is 2.22. The lowest BCUT2D eigenvalue weighted by Crippen LogP contribution is -2.05. The summed E-state index contributed by atoms with van der Waals surface area (Å²) >= 11 is 0. The van der Waals surface area contributed by atoms with E-state index >= 15 is 0 Å². The largest absolute Gasteiger partial charge is 0.382 e. The number of benzene rings is 2. The molecule has 2 N–H and O–H groups in total. The Bertz CT molecular complexity index is 988. The second-order valence-electron chi connectivity index (χ2n) is 4.85. The van der Waals surface area contributed by atoms with Crippen LogP contribution >= 0.6 is 0 Å². The molecule has 0 aliphatic heterocycles. The molecule has 3 rings (SSSR count). The molecule has 0 amide bonds. The van der Waals surface area contributed by atoms with Crippen molar-refractivity contribution in [1.82, 2.24) is 9.78 Å². The van der Waals surface area contributed by atoms with Crippen molar-refractivity contribution < 1.29 is 17.6 Å². The van der Waals surface area contributed by atoms with Gasteiger partial charge in [-0.05, 0) is 24.3 Å². The van der Waals surface area contributed by atoms with Gasteiger partial charge in [0.2, 0.25) is 0 Å². The standard InChI is InChI=1S/C16H8F4N4/c17-8-1-3-10(13(20)5-8)15-11(7-21)16(22)24(23-15)14-6-9(18)2-4-12(14)19/h1-6H,22H2. The van der Waals surface area contributed by atoms with Gasteiger partial charge in [0.05, 0.1) is 0 Å². The summed E-state index contributed by atoms with van der Waals surface area (Å²) in [7, 11) is 0. The first-order valence-corrected chi connectivity index (χ1v) is 6.62. The van der Waals surface area contributed by atoms with E-state index in [2.05, 4.69) is 5.10 Å². The first kappa shape index (κ1) is 15.6. The van der Waals surface area contributed by atoms with Gasteiger partial charge in [-0.3, -0.25) is 0 Å². The van der Waals surface area contributed by atoms with Crippen LogP contribution in [0.25, 0.3) is 16.9 Å². The van der Waals surface area contributed by atoms with E-state index in [4.69, 9.17) is 5.73 Å². The predicted molar refractivity (Wildman–Crippen MR) is 78.0 cm³/mol. The fraction of sp³-hybridized carbons (Fsp3) is 0. The number of halogens is 4. The lowest BCUT2D eigenvalue weighted by molar-refractivity contribution is 0.583. The van der Waals surface area contributed by atoms with E-state index in [-0.39, 0.29) is 28.3 Å². The quantitative estimate of drug-likeness (QED) is 0.730. The van der Waals surface area contributed by atoms with Gasteiger partial charge in [-0.1, -0.05) is 0 Å². The highest BCUT2D eigenvalue weighted by Crippen LogP contribution is 2.31. The van der Waals surface area contributed by atoms with E-state index in [1.165, 1.54) is 0 Å². The molecule has 0 spiro atoms. The van der Waals surface area contributed by atoms with Crippen molar-refractivity contribution in [2.75, 3.05) is 5.73 Å². The van der Waals surface area contributed by atoms with E-state index in [1.807, 2.05) is 0 Å². The van der Waals surface area contributed by atoms with Gasteiger partial charge in [-0.2, -0.15) is 10.4 Å². The third-order valence-electron chi connectivity index (χ3n) is 3.36. The minimum absolute atomic E-state index is 0.185. The molecule has 4 nitrogen and oxygen atoms in total. The second-order valence-corrected chi connectivity index (χ2v) is 4.85. The lowest BCUT2D eigenvalue weighted by atomic mass is 10.1. The van der Waals surface area contributed by atoms with Crippen molar-refractivity contribution in [3.05, 3.63) is 65.2 Å². The molecule has 1 aromatic heterocycles. The third kappa shape index (κ3) is 2.46. The van der Waals surface area contributed by atoms with Gasteiger partial charge in [0.15, 0.2) is 0 Å². The van der Waals surface area contributed by atoms with Crippen LogP contribution in [0.2, 0.25) is 0 Å². The van der Waals surface area contributed by atoms with Crippen molar-refractivity contribution in [3.63, 3.8) is 0 Å². The van der Waals surface area contributed by atoms with E-state index in [0.29, 0.717) is 6.07 Å². The number of rotatable bonds is 2. The Kier molecular flexibility index (Phi) is 3.69. The number of nitriles is 1. The summed E-state index contributed by atoms with van der Waals surface area (Å²) in [4.78, 5) is 0. The molecule has 0 fully saturated rings. The first-order chi connectivity index (χ1) is 11.4. The zero-order chi connectivity index (χ0) is 17.4. The fourth-order valence-corrected chi connectivity index (χ4v) is 2.24. The van der Waals surface area contributed by atoms with Gasteiger partial charge in [0, 0.05) is 17.7 Å². The molecule has 0 unspecified atom stereocenters. The molecule has 0 aliphatic rings. The average molecular weight is 332 g/mol. The highest BCUT2D eigenvalue weighted by atomic mass is 19.1. The Morgan fingerprint density at radius 1 is 0.958 bits per heavy atom. The SMILES string of the molecule is N#Cc1c(-c2ccc(F)cc2F)nn(-c2cc(F)ccc2F)c1N. The van der Waals surface area contributed by atoms with Crippen LogP contribution in [0.4, 0.5) is 23.4 Å². The van der Waals surface area contributed by atoms with Crippen molar-refractivity contribution in [3.8, 4) is 23.0 Å². The Balaban J connectivity index is 2.27. The van der Waals surface area contributed by atoms with Crippen LogP contribution in [0, 0.1) is 34.6 Å². The fourth-order valence-electron chi connectivity index (χ4n) is 2.24. The monoisotopic (exact) mass is 332 g/mol. The third-order valence-corrected chi connectivity index (χ3v) is 3.36. The maximum absolute atomic E-state index is 14.0. The normalized spacial score (nSPS) is 10.6. The molecule has 24 heavy (non-hydrogen) atoms. The molecule has 0 bridgehead atoms. The summed E-state index contributed by atoms with van der Waals surface area (Å²) in [5.74, 6) is -3.63. The summed E-state index contributed by atoms with van der Waals surface area (Å²) in [5, 5.41) is 13.2. The van der Waals surface area contributed by atoms with Crippen LogP contribution in [0.15, 0.2) is 36.4 Å². The van der Waals surface area contributed by atoms with Gasteiger partial charge in [-0.25, -0.2) is 22.2 Å². The Morgan fingerprint density at radius 3 is 2.29 bits per heavy atom. The van der Waals surface area contributed by atoms with E-state index in [1.54, 1.807) is 6.07 Å². The first-order valence-electron chi connectivity index (χ1n) is 6.62. The van der Waals surface area contributed by atoms with E-state index in [9.17, 15) is 22.8 Å². The summed E-state index contributed by atoms with van der Waals surface area (Å²) in [6.45, 7) is 0. The molecule has 0 radical (unpaired) electrons. The average Bonchev–Trinajstić information content (AvgIpc) is 2.86. The smallest absolute Gasteiger partial charge is 0.149 e. The van der Waals surface area contributed by atoms with Crippen molar-refractivity contribution in [1.29, 1.82) is 5.26 Å². The van der Waals surface area contributed by atoms with Crippen LogP contribution < -0.4 is 5.73 Å². The summed E-state index contributed by atoms with van der Waals surface area (Å²) in [6, 6.07) is 7.05. The Morgan fingerprint density at radius 2 is 1.62 bits per heavy atom. The molecular formula is C16H8F4N4. The van der Waals surface area contributed by atoms with Crippen molar-refractivity contribution in [2.24, 2.45) is 0 Å². The second kappa shape index (κ2) is 5.70. The molecule has 8 heteroatoms. The molecular weight excluding hydrogens is 324 g/mol. The number of nitrogens with two attached hydrogens (primary N) is 1. The summed E-state index contributed by atoms with van der Waals surface area (Å²) < 4.78 is 55.1. The predicted octanol–water partition coefficient (Wildman–Crippen LogP) is 3.55. The number of nitrogens with zero attached hydrogens (tertiary/aromatic N) is 3. The minimum atomic E-state index is -0.962. The number of anilines is 1. The van der Waals surface area contributed by atoms with E-state index < -0.39 is 23.3 Å². The number of hydrogen-bond donors (Lipinski definition) is 1. The molecule has 0 saturated heterocycles. The van der Waals surface area contributed by atoms with Gasteiger partial charge < -0.3 is 5.73 Å². The number of hydrogen-bond acceptors (Lipinski definition) is 3. The molecule has 3 aromatic rings. The zero-order valence-corrected chi connectivity index (χ0v) is 11.9. The van der Waals surface area contributed by atoms with Crippen LogP contribution in [-0.2, 0) is 0 Å². The maximum atomic E-state index is 14.0. The lowest BCUT2D eigenvalue weighted by Gasteiger charge is -2.05. The van der Waals surface area contributed by atoms with Crippen LogP contribution in [-0.4, -0.2) is 9.78 Å². The summed E-state index contributed by atoms with van der Waals surface area (Å²) in [5.41, 5.74) is 4.82. The Labute approximate surface area is 133 Å². The van der Waals surface area contributed by atoms with Gasteiger partial charge >= 0.3 is 0 Å². The van der Waals surface area contributed by atoms with Crippen LogP contribution in [0.3, 0.4) is 0 Å². The zero-order valence-electron chi connectivity index (χ0n) is 11.9. The van der Waals surface area contributed by atoms with Gasteiger partial charge in [-0.15, -0.1) is 0 Å². The molecule has 0 atom stereocenters. The molecule has 0 saturated carbocycles. The minimum Gasteiger partial charge on any atom is -0.382 e. The van der Waals surface area contributed by atoms with Crippen LogP contribution in [0.5, 0.6) is 0 Å². The van der Waals surface area contributed by atoms with Crippen molar-refractivity contribution >= 4 is 5.82 Å². The maximum Gasteiger partial charge on any atom is 0.149 e. The highest BCUT2D eigenvalue weighted by molar-refractivity contribution is 5.74. The molecule has 2 aromatic carbocycles. The topological polar surface area (TPSA) is 67.6 Å². The number of aromatic nitrogens is 2. The van der Waals surface area contributed by atoms with Crippen LogP contribution in [0.1, 0.15) is 5.56 Å². The molecule has 0 aliphatic carbocycles. The molecule has 120 valence electrons. The number of nitrogen functional groups attached to an aromatic ring is 1. The molecule has 1 heterocycles. The van der Waals surface area contributed by atoms with Gasteiger partial charge in [0.1, 0.15) is 52.1 Å². The van der Waals surface area contributed by atoms with Crippen molar-refractivity contribution in [2.45, 2.75) is 0 Å². The van der Waals surface area contributed by atoms with Gasteiger partial charge in [0.25, 0.3) is 0 Å².